The van der Waals surface area contributed by atoms with Crippen LogP contribution in [-0.4, -0.2) is 32.4 Å². The molecule has 162 valence electrons. The minimum absolute atomic E-state index is 0.108. The van der Waals surface area contributed by atoms with Crippen molar-refractivity contribution >= 4 is 11.7 Å². The Bertz CT molecular complexity index is 897. The topological polar surface area (TPSA) is 107 Å². The van der Waals surface area contributed by atoms with Crippen molar-refractivity contribution in [1.82, 2.24) is 20.0 Å². The molecule has 1 amide bonds. The zero-order valence-corrected chi connectivity index (χ0v) is 17.7. The summed E-state index contributed by atoms with van der Waals surface area (Å²) in [6.07, 6.45) is 8.24. The number of carbonyl (C=O) groups is 2. The van der Waals surface area contributed by atoms with Crippen molar-refractivity contribution in [3.63, 3.8) is 0 Å². The zero-order valence-electron chi connectivity index (χ0n) is 17.7. The number of hydrogen-bond donors (Lipinski definition) is 1. The minimum atomic E-state index is -0.722. The van der Waals surface area contributed by atoms with Gasteiger partial charge in [0.05, 0.1) is 12.6 Å². The molecule has 1 atom stereocenters. The molecular formula is C22H30N4O4. The second-order valence-corrected chi connectivity index (χ2v) is 8.48. The summed E-state index contributed by atoms with van der Waals surface area (Å²) in [5.74, 6) is -0.0522. The molecule has 0 bridgehead atoms. The highest BCUT2D eigenvalue weighted by Gasteiger charge is 2.25. The number of aromatic nitrogens is 3. The van der Waals surface area contributed by atoms with Crippen molar-refractivity contribution in [2.24, 2.45) is 11.8 Å². The van der Waals surface area contributed by atoms with Crippen LogP contribution in [0.5, 0.6) is 0 Å². The molecule has 3 rings (SSSR count). The van der Waals surface area contributed by atoms with Gasteiger partial charge in [-0.25, -0.2) is 9.36 Å². The second-order valence-electron chi connectivity index (χ2n) is 8.48. The second kappa shape index (κ2) is 10.3. The van der Waals surface area contributed by atoms with E-state index in [1.54, 1.807) is 24.4 Å². The van der Waals surface area contributed by atoms with Gasteiger partial charge < -0.3 is 5.32 Å². The predicted molar refractivity (Wildman–Crippen MR) is 112 cm³/mol. The molecule has 30 heavy (non-hydrogen) atoms. The van der Waals surface area contributed by atoms with Crippen LogP contribution in [0.15, 0.2) is 33.7 Å². The van der Waals surface area contributed by atoms with E-state index in [0.717, 1.165) is 6.42 Å². The maximum Gasteiger partial charge on any atom is 0.442 e. The molecule has 2 heterocycles. The van der Waals surface area contributed by atoms with Crippen LogP contribution in [0, 0.1) is 11.8 Å². The molecule has 1 aliphatic rings. The van der Waals surface area contributed by atoms with E-state index in [0.29, 0.717) is 24.5 Å². The average Bonchev–Trinajstić information content (AvgIpc) is 3.36. The molecule has 0 aliphatic heterocycles. The van der Waals surface area contributed by atoms with Crippen LogP contribution in [0.1, 0.15) is 58.8 Å². The lowest BCUT2D eigenvalue weighted by molar-refractivity contribution is -0.128. The zero-order chi connectivity index (χ0) is 21.5. The van der Waals surface area contributed by atoms with E-state index >= 15 is 0 Å². The third-order valence-electron chi connectivity index (χ3n) is 5.58. The first-order chi connectivity index (χ1) is 14.4. The normalized spacial score (nSPS) is 15.4. The van der Waals surface area contributed by atoms with Gasteiger partial charge in [-0.1, -0.05) is 50.8 Å². The summed E-state index contributed by atoms with van der Waals surface area (Å²) in [7, 11) is 0. The molecule has 2 aromatic heterocycles. The third-order valence-corrected chi connectivity index (χ3v) is 5.58. The number of Topliss-reactive ketones (excluding diaryl/α,β-unsaturated/α-hetero) is 1. The lowest BCUT2D eigenvalue weighted by Crippen LogP contribution is -2.44. The number of carbonyl (C=O) groups excluding carboxylic acids is 2. The molecule has 1 saturated carbocycles. The first-order valence-electron chi connectivity index (χ1n) is 10.7. The molecule has 2 aromatic rings. The fourth-order valence-electron chi connectivity index (χ4n) is 4.00. The number of pyridine rings is 1. The molecule has 8 nitrogen and oxygen atoms in total. The first-order valence-corrected chi connectivity index (χ1v) is 10.7. The van der Waals surface area contributed by atoms with Gasteiger partial charge in [-0.15, -0.1) is 0 Å². The molecule has 1 aliphatic carbocycles. The van der Waals surface area contributed by atoms with E-state index in [9.17, 15) is 14.4 Å². The van der Waals surface area contributed by atoms with Crippen LogP contribution < -0.4 is 11.1 Å². The van der Waals surface area contributed by atoms with Crippen molar-refractivity contribution in [2.45, 2.75) is 71.4 Å². The Morgan fingerprint density at radius 1 is 1.27 bits per heavy atom. The predicted octanol–water partition coefficient (Wildman–Crippen LogP) is 2.97. The van der Waals surface area contributed by atoms with Crippen LogP contribution in [0.4, 0.5) is 0 Å². The SMILES string of the molecule is CC(C)C[C@H](NC(=O)CCC1CCCC1)C(=O)Cn1c(-c2ccccn2)noc1=O. The van der Waals surface area contributed by atoms with Crippen LogP contribution in [0.25, 0.3) is 11.5 Å². The molecule has 0 spiro atoms. The van der Waals surface area contributed by atoms with Crippen molar-refractivity contribution in [1.29, 1.82) is 0 Å². The summed E-state index contributed by atoms with van der Waals surface area (Å²) >= 11 is 0. The average molecular weight is 415 g/mol. The molecule has 1 fully saturated rings. The molecule has 0 radical (unpaired) electrons. The number of rotatable bonds is 10. The quantitative estimate of drug-likeness (QED) is 0.640. The van der Waals surface area contributed by atoms with Gasteiger partial charge in [0.2, 0.25) is 11.7 Å². The monoisotopic (exact) mass is 414 g/mol. The third kappa shape index (κ3) is 5.87. The largest absolute Gasteiger partial charge is 0.442 e. The minimum Gasteiger partial charge on any atom is -0.346 e. The molecule has 0 aromatic carbocycles. The lowest BCUT2D eigenvalue weighted by atomic mass is 9.98. The standard InChI is InChI=1S/C22H30N4O4/c1-15(2)13-18(24-20(28)11-10-16-7-3-4-8-16)19(27)14-26-21(25-30-22(26)29)17-9-5-6-12-23-17/h5-6,9,12,15-16,18H,3-4,7-8,10-11,13-14H2,1-2H3,(H,24,28)/t18-/m0/s1. The number of hydrogen-bond acceptors (Lipinski definition) is 6. The summed E-state index contributed by atoms with van der Waals surface area (Å²) in [6, 6.07) is 4.55. The van der Waals surface area contributed by atoms with Gasteiger partial charge in [-0.2, -0.15) is 0 Å². The van der Waals surface area contributed by atoms with Crippen molar-refractivity contribution in [3.05, 3.63) is 34.9 Å². The number of nitrogens with zero attached hydrogens (tertiary/aromatic N) is 3. The molecule has 0 unspecified atom stereocenters. The molecule has 1 N–H and O–H groups in total. The molecular weight excluding hydrogens is 384 g/mol. The van der Waals surface area contributed by atoms with Gasteiger partial charge in [0.25, 0.3) is 0 Å². The Morgan fingerprint density at radius 3 is 2.70 bits per heavy atom. The molecule has 0 saturated heterocycles. The van der Waals surface area contributed by atoms with Gasteiger partial charge in [0, 0.05) is 12.6 Å². The highest BCUT2D eigenvalue weighted by Crippen LogP contribution is 2.28. The van der Waals surface area contributed by atoms with Crippen molar-refractivity contribution < 1.29 is 14.1 Å². The van der Waals surface area contributed by atoms with Crippen LogP contribution in [0.2, 0.25) is 0 Å². The summed E-state index contributed by atoms with van der Waals surface area (Å²) in [6.45, 7) is 3.76. The van der Waals surface area contributed by atoms with E-state index in [4.69, 9.17) is 4.52 Å². The first kappa shape index (κ1) is 21.9. The fourth-order valence-corrected chi connectivity index (χ4v) is 4.00. The summed E-state index contributed by atoms with van der Waals surface area (Å²) in [5, 5.41) is 6.66. The highest BCUT2D eigenvalue weighted by atomic mass is 16.5. The van der Waals surface area contributed by atoms with E-state index < -0.39 is 11.8 Å². The van der Waals surface area contributed by atoms with Gasteiger partial charge in [0.15, 0.2) is 5.78 Å². The maximum absolute atomic E-state index is 13.0. The fraction of sp³-hybridized carbons (Fsp3) is 0.591. The van der Waals surface area contributed by atoms with Gasteiger partial charge in [0.1, 0.15) is 5.69 Å². The summed E-state index contributed by atoms with van der Waals surface area (Å²) in [4.78, 5) is 41.8. The van der Waals surface area contributed by atoms with E-state index in [-0.39, 0.29) is 30.0 Å². The van der Waals surface area contributed by atoms with Crippen LogP contribution in [0.3, 0.4) is 0 Å². The Hall–Kier alpha value is -2.77. The van der Waals surface area contributed by atoms with E-state index in [1.165, 1.54) is 30.3 Å². The Kier molecular flexibility index (Phi) is 7.54. The van der Waals surface area contributed by atoms with Crippen LogP contribution >= 0.6 is 0 Å². The summed E-state index contributed by atoms with van der Waals surface area (Å²) in [5.41, 5.74) is 0.442. The van der Waals surface area contributed by atoms with E-state index in [1.807, 2.05) is 13.8 Å². The Morgan fingerprint density at radius 2 is 2.03 bits per heavy atom. The maximum atomic E-state index is 13.0. The van der Waals surface area contributed by atoms with Gasteiger partial charge in [-0.3, -0.25) is 19.1 Å². The van der Waals surface area contributed by atoms with Crippen molar-refractivity contribution in [3.8, 4) is 11.5 Å². The Labute approximate surface area is 176 Å². The van der Waals surface area contributed by atoms with Gasteiger partial charge >= 0.3 is 5.76 Å². The van der Waals surface area contributed by atoms with Gasteiger partial charge in [-0.05, 0) is 36.8 Å². The number of amides is 1. The number of nitrogens with one attached hydrogen (secondary N) is 1. The lowest BCUT2D eigenvalue weighted by Gasteiger charge is -2.20. The highest BCUT2D eigenvalue weighted by molar-refractivity contribution is 5.89. The van der Waals surface area contributed by atoms with Crippen LogP contribution in [-0.2, 0) is 16.1 Å². The number of ketones is 1. The summed E-state index contributed by atoms with van der Waals surface area (Å²) < 4.78 is 5.94. The van der Waals surface area contributed by atoms with E-state index in [2.05, 4.69) is 15.5 Å². The Balaban J connectivity index is 1.67. The van der Waals surface area contributed by atoms with Crippen molar-refractivity contribution in [2.75, 3.05) is 0 Å². The molecule has 8 heteroatoms. The smallest absolute Gasteiger partial charge is 0.346 e.